The highest BCUT2D eigenvalue weighted by Crippen LogP contribution is 2.66. The third-order valence-corrected chi connectivity index (χ3v) is 22.5. The van der Waals surface area contributed by atoms with Gasteiger partial charge in [-0.15, -0.1) is 0 Å². The number of rotatable bonds is 6. The standard InChI is InChI=1S/C31H40O3.C22H37NO3.C11H9BrO.2CH4/c1-30(33)14-12-24-22(18-30)7-9-26-25(24)13-15-31(2)27(26)10-11-28(31)29(32)21-5-4-20-17-23(34-3)8-6-19(20)16-21;1-21(25)11-9-15-14(13-21)5-6-17-16(15)10-12-22(2)18(17)7-8-19(22)20(24)23(3)26-4;1-13-11-5-3-8-6-10(12)4-2-9(8)7-11;;/h4-6,8,16-17,22,24-28,33H,7,9-15,18H2,1-3H3;14-19,25H,5-13H2,1-4H3;2-7H,1H3;2*1H4/t22-,24+,25-,26-,27+,28-,30-,31+;14-,15+,16-,17-,18+,19-,21-,22+;;;/m11.../s1. The van der Waals surface area contributed by atoms with Crippen molar-refractivity contribution < 1.29 is 34.1 Å². The van der Waals surface area contributed by atoms with E-state index in [1.165, 1.54) is 92.9 Å². The van der Waals surface area contributed by atoms with Gasteiger partial charge in [-0.2, -0.15) is 0 Å². The molecule has 0 radical (unpaired) electrons. The summed E-state index contributed by atoms with van der Waals surface area (Å²) in [6, 6.07) is 24.5. The number of ketones is 1. The Bertz CT molecular complexity index is 2650. The third-order valence-electron chi connectivity index (χ3n) is 22.0. The largest absolute Gasteiger partial charge is 0.497 e. The summed E-state index contributed by atoms with van der Waals surface area (Å²) in [6.07, 6.45) is 21.0. The van der Waals surface area contributed by atoms with Gasteiger partial charge in [0.25, 0.3) is 0 Å². The molecule has 2 N–H and O–H groups in total. The van der Waals surface area contributed by atoms with Gasteiger partial charge in [-0.25, -0.2) is 5.06 Å². The number of carbonyl (C=O) groups excluding carboxylic acids is 2. The van der Waals surface area contributed by atoms with Crippen LogP contribution >= 0.6 is 15.9 Å². The molecule has 0 heterocycles. The van der Waals surface area contributed by atoms with Gasteiger partial charge in [-0.05, 0) is 263 Å². The Balaban J connectivity index is 0.000000161. The monoisotopic (exact) mass is 1090 g/mol. The molecule has 8 aliphatic carbocycles. The summed E-state index contributed by atoms with van der Waals surface area (Å²) in [5.74, 6) is 10.2. The molecule has 4 aromatic carbocycles. The summed E-state index contributed by atoms with van der Waals surface area (Å²) < 4.78 is 11.6. The lowest BCUT2D eigenvalue weighted by Gasteiger charge is -2.56. The van der Waals surface area contributed by atoms with Crippen LogP contribution in [0.5, 0.6) is 11.5 Å². The Hall–Kier alpha value is -3.50. The number of Topliss-reactive ketones (excluding diaryl/α,β-unsaturated/α-hetero) is 1. The Kier molecular flexibility index (Phi) is 17.4. The number of halogens is 1. The normalized spacial score (nSPS) is 38.1. The second kappa shape index (κ2) is 22.7. The lowest BCUT2D eigenvalue weighted by molar-refractivity contribution is -0.180. The predicted molar refractivity (Wildman–Crippen MR) is 309 cm³/mol. The fourth-order valence-corrected chi connectivity index (χ4v) is 18.7. The molecule has 16 atom stereocenters. The summed E-state index contributed by atoms with van der Waals surface area (Å²) in [7, 11) is 6.71. The maximum absolute atomic E-state index is 13.9. The lowest BCUT2D eigenvalue weighted by Crippen LogP contribution is -2.51. The van der Waals surface area contributed by atoms with Gasteiger partial charge in [0, 0.05) is 28.9 Å². The quantitative estimate of drug-likeness (QED) is 0.146. The number of carbonyl (C=O) groups is 2. The second-order valence-electron chi connectivity index (χ2n) is 25.9. The number of benzene rings is 4. The Morgan fingerprint density at radius 3 is 1.47 bits per heavy atom. The van der Waals surface area contributed by atoms with E-state index >= 15 is 0 Å². The number of aliphatic hydroxyl groups is 2. The average molecular weight is 1090 g/mol. The van der Waals surface area contributed by atoms with Crippen LogP contribution in [0.4, 0.5) is 0 Å². The first-order valence-corrected chi connectivity index (χ1v) is 29.3. The van der Waals surface area contributed by atoms with E-state index in [9.17, 15) is 19.8 Å². The van der Waals surface area contributed by atoms with E-state index in [2.05, 4.69) is 66.2 Å². The first kappa shape index (κ1) is 57.7. The molecule has 1 amide bonds. The molecular formula is C66H94BrNO7. The first-order chi connectivity index (χ1) is 34.8. The van der Waals surface area contributed by atoms with Gasteiger partial charge in [0.15, 0.2) is 5.78 Å². The van der Waals surface area contributed by atoms with Crippen molar-refractivity contribution >= 4 is 49.2 Å². The Labute approximate surface area is 459 Å². The van der Waals surface area contributed by atoms with Crippen molar-refractivity contribution in [2.45, 2.75) is 169 Å². The van der Waals surface area contributed by atoms with E-state index < -0.39 is 11.2 Å². The van der Waals surface area contributed by atoms with Gasteiger partial charge < -0.3 is 19.7 Å². The van der Waals surface area contributed by atoms with Gasteiger partial charge in [-0.1, -0.05) is 75.0 Å². The van der Waals surface area contributed by atoms with E-state index in [0.717, 1.165) is 112 Å². The number of amides is 1. The molecule has 4 aromatic rings. The molecule has 8 nitrogen and oxygen atoms in total. The molecule has 0 aromatic heterocycles. The van der Waals surface area contributed by atoms with E-state index in [4.69, 9.17) is 14.3 Å². The number of nitrogens with zero attached hydrogens (tertiary/aromatic N) is 1. The molecule has 8 aliphatic rings. The molecule has 8 fully saturated rings. The molecule has 12 rings (SSSR count). The van der Waals surface area contributed by atoms with Crippen LogP contribution in [-0.2, 0) is 9.63 Å². The smallest absolute Gasteiger partial charge is 0.249 e. The molecule has 75 heavy (non-hydrogen) atoms. The lowest BCUT2D eigenvalue weighted by atomic mass is 9.49. The number of hydrogen-bond donors (Lipinski definition) is 2. The first-order valence-electron chi connectivity index (χ1n) is 28.5. The van der Waals surface area contributed by atoms with Crippen molar-refractivity contribution in [3.8, 4) is 11.5 Å². The summed E-state index contributed by atoms with van der Waals surface area (Å²) in [5.41, 5.74) is 0.280. The van der Waals surface area contributed by atoms with Crippen molar-refractivity contribution in [2.75, 3.05) is 28.4 Å². The third kappa shape index (κ3) is 11.1. The SMILES string of the molecule is C.C.CON(C)C(=O)[C@H]1CC[C@H]2[C@@H]3CC[C@@H]4C[C@](C)(O)CC[C@@H]4[C@H]3CC[C@]12C.COc1ccc2cc(Br)ccc2c1.COc1ccc2cc(C(=O)[C@H]3CC[C@H]4[C@@H]5CC[C@@H]6C[C@](C)(O)CC[C@@H]6[C@H]5CC[C@]34C)ccc2c1. The van der Waals surface area contributed by atoms with Crippen molar-refractivity contribution in [2.24, 2.45) is 81.8 Å². The highest BCUT2D eigenvalue weighted by molar-refractivity contribution is 9.10. The number of hydroxylamine groups is 2. The van der Waals surface area contributed by atoms with Crippen LogP contribution in [0.25, 0.3) is 21.5 Å². The minimum Gasteiger partial charge on any atom is -0.497 e. The van der Waals surface area contributed by atoms with Crippen LogP contribution in [0.3, 0.4) is 0 Å². The van der Waals surface area contributed by atoms with E-state index in [0.29, 0.717) is 23.5 Å². The molecule has 0 spiro atoms. The topological polar surface area (TPSA) is 106 Å². The molecule has 0 unspecified atom stereocenters. The number of methoxy groups -OCH3 is 2. The second-order valence-corrected chi connectivity index (χ2v) is 26.8. The van der Waals surface area contributed by atoms with Gasteiger partial charge in [0.1, 0.15) is 11.5 Å². The van der Waals surface area contributed by atoms with Crippen molar-refractivity contribution in [1.82, 2.24) is 5.06 Å². The molecule has 0 bridgehead atoms. The fourth-order valence-electron chi connectivity index (χ4n) is 18.3. The highest BCUT2D eigenvalue weighted by Gasteiger charge is 2.61. The van der Waals surface area contributed by atoms with Crippen LogP contribution in [-0.4, -0.2) is 66.5 Å². The van der Waals surface area contributed by atoms with Crippen molar-refractivity contribution in [3.05, 3.63) is 82.8 Å². The average Bonchev–Trinajstić information content (AvgIpc) is 3.93. The highest BCUT2D eigenvalue weighted by atomic mass is 79.9. The number of ether oxygens (including phenoxy) is 2. The molecule has 0 saturated heterocycles. The van der Waals surface area contributed by atoms with Gasteiger partial charge in [-0.3, -0.25) is 14.4 Å². The summed E-state index contributed by atoms with van der Waals surface area (Å²) in [4.78, 5) is 32.0. The fraction of sp³-hybridized carbons (Fsp3) is 0.667. The number of hydrogen-bond acceptors (Lipinski definition) is 7. The molecule has 412 valence electrons. The molecule has 0 aliphatic heterocycles. The van der Waals surface area contributed by atoms with Crippen molar-refractivity contribution in [3.63, 3.8) is 0 Å². The van der Waals surface area contributed by atoms with Crippen LogP contribution in [0.2, 0.25) is 0 Å². The summed E-state index contributed by atoms with van der Waals surface area (Å²) in [5, 5.41) is 27.3. The Morgan fingerprint density at radius 2 is 0.960 bits per heavy atom. The zero-order chi connectivity index (χ0) is 51.6. The minimum absolute atomic E-state index is 0. The van der Waals surface area contributed by atoms with Gasteiger partial charge in [0.2, 0.25) is 5.91 Å². The van der Waals surface area contributed by atoms with E-state index in [1.807, 2.05) is 50.2 Å². The molecule has 9 heteroatoms. The molecule has 8 saturated carbocycles. The number of fused-ring (bicyclic) bond motifs is 12. The van der Waals surface area contributed by atoms with Crippen LogP contribution in [0.1, 0.15) is 168 Å². The summed E-state index contributed by atoms with van der Waals surface area (Å²) in [6.45, 7) is 8.92. The zero-order valence-corrected chi connectivity index (χ0v) is 46.9. The maximum atomic E-state index is 13.9. The van der Waals surface area contributed by atoms with Crippen molar-refractivity contribution in [1.29, 1.82) is 0 Å². The van der Waals surface area contributed by atoms with Gasteiger partial charge >= 0.3 is 0 Å². The van der Waals surface area contributed by atoms with Gasteiger partial charge in [0.05, 0.1) is 32.5 Å². The van der Waals surface area contributed by atoms with Crippen LogP contribution < -0.4 is 9.47 Å². The van der Waals surface area contributed by atoms with Crippen LogP contribution in [0, 0.1) is 81.8 Å². The van der Waals surface area contributed by atoms with Crippen LogP contribution in [0.15, 0.2) is 77.3 Å². The zero-order valence-electron chi connectivity index (χ0n) is 45.3. The minimum atomic E-state index is -0.451. The van der Waals surface area contributed by atoms with E-state index in [-0.39, 0.29) is 43.4 Å². The maximum Gasteiger partial charge on any atom is 0.249 e. The van der Waals surface area contributed by atoms with E-state index in [1.54, 1.807) is 28.4 Å². The Morgan fingerprint density at radius 1 is 0.520 bits per heavy atom. The predicted octanol–water partition coefficient (Wildman–Crippen LogP) is 16.0. The summed E-state index contributed by atoms with van der Waals surface area (Å²) >= 11 is 3.44. The molecular weight excluding hydrogens is 999 g/mol.